The van der Waals surface area contributed by atoms with Gasteiger partial charge in [-0.1, -0.05) is 72.8 Å². The first-order chi connectivity index (χ1) is 25.6. The zero-order valence-electron chi connectivity index (χ0n) is 31.7. The number of pyridine rings is 1. The van der Waals surface area contributed by atoms with Crippen LogP contribution in [-0.4, -0.2) is 81.6 Å². The van der Waals surface area contributed by atoms with Crippen LogP contribution in [0.2, 0.25) is 0 Å². The van der Waals surface area contributed by atoms with E-state index in [0.29, 0.717) is 36.9 Å². The van der Waals surface area contributed by atoms with E-state index in [9.17, 15) is 4.79 Å². The molecule has 1 atom stereocenters. The summed E-state index contributed by atoms with van der Waals surface area (Å²) in [6.07, 6.45) is 1.83. The Kier molecular flexibility index (Phi) is 10.9. The maximum absolute atomic E-state index is 12.6. The molecule has 0 spiro atoms. The number of piperazine rings is 1. The predicted octanol–water partition coefficient (Wildman–Crippen LogP) is 7.95. The van der Waals surface area contributed by atoms with Gasteiger partial charge in [0.25, 0.3) is 0 Å². The minimum absolute atomic E-state index is 0.192. The van der Waals surface area contributed by atoms with E-state index in [1.807, 2.05) is 110 Å². The van der Waals surface area contributed by atoms with Crippen LogP contribution in [-0.2, 0) is 25.0 Å². The van der Waals surface area contributed by atoms with Gasteiger partial charge in [-0.15, -0.1) is 0 Å². The molecule has 4 heterocycles. The summed E-state index contributed by atoms with van der Waals surface area (Å²) < 4.78 is 20.1. The largest absolute Gasteiger partial charge is 0.473 e. The van der Waals surface area contributed by atoms with Gasteiger partial charge in [-0.3, -0.25) is 9.58 Å². The third-order valence-corrected chi connectivity index (χ3v) is 10.2. The lowest BCUT2D eigenvalue weighted by Gasteiger charge is -2.43. The van der Waals surface area contributed by atoms with Gasteiger partial charge < -0.3 is 24.0 Å². The van der Waals surface area contributed by atoms with E-state index in [1.165, 1.54) is 5.69 Å². The number of para-hydroxylation sites is 1. The lowest BCUT2D eigenvalue weighted by molar-refractivity contribution is 0.0161. The molecule has 0 saturated carbocycles. The van der Waals surface area contributed by atoms with Crippen LogP contribution >= 0.6 is 0 Å². The summed E-state index contributed by atoms with van der Waals surface area (Å²) >= 11 is 0. The Morgan fingerprint density at radius 1 is 0.811 bits per heavy atom. The Bertz CT molecular complexity index is 1990. The molecule has 278 valence electrons. The molecule has 2 aliphatic heterocycles. The minimum atomic E-state index is -0.467. The number of nitrogens with zero attached hydrogens (tertiary/aromatic N) is 6. The molecule has 10 nitrogen and oxygen atoms in total. The van der Waals surface area contributed by atoms with E-state index in [1.54, 1.807) is 0 Å². The van der Waals surface area contributed by atoms with Crippen molar-refractivity contribution in [3.8, 4) is 23.0 Å². The zero-order chi connectivity index (χ0) is 37.0. The van der Waals surface area contributed by atoms with Crippen LogP contribution in [0.5, 0.6) is 11.8 Å². The van der Waals surface area contributed by atoms with Crippen LogP contribution in [0.25, 0.3) is 22.2 Å². The highest BCUT2D eigenvalue weighted by molar-refractivity contribution is 6.01. The molecule has 0 radical (unpaired) electrons. The van der Waals surface area contributed by atoms with Gasteiger partial charge in [-0.25, -0.2) is 4.79 Å². The Labute approximate surface area is 313 Å². The second kappa shape index (κ2) is 15.9. The fourth-order valence-corrected chi connectivity index (χ4v) is 7.46. The number of carbonyl (C=O) groups is 1. The average Bonchev–Trinajstić information content (AvgIpc) is 3.50. The molecule has 1 amide bonds. The Morgan fingerprint density at radius 3 is 2.15 bits per heavy atom. The van der Waals surface area contributed by atoms with Crippen LogP contribution in [0, 0.1) is 5.92 Å². The first kappa shape index (κ1) is 36.3. The van der Waals surface area contributed by atoms with Crippen LogP contribution in [0.1, 0.15) is 51.7 Å². The first-order valence-electron chi connectivity index (χ1n) is 18.9. The summed E-state index contributed by atoms with van der Waals surface area (Å²) in [6, 6.07) is 31.0. The molecular weight excluding hydrogens is 665 g/mol. The van der Waals surface area contributed by atoms with E-state index < -0.39 is 5.60 Å². The van der Waals surface area contributed by atoms with Crippen LogP contribution < -0.4 is 14.4 Å². The standard InChI is InChI=1S/C43H52N6O4/c1-31-27-49(26-25-48(31)28-32-21-23-47(24-22-32)42(50)53-43(2,3)4)37-18-12-17-35-39(45-46(5)40(35)37)36-19-20-38(51-29-33-13-8-6-9-14-33)44-41(36)52-30-34-15-10-7-11-16-34/h6-20,31-32H,21-30H2,1-5H3/t31-/m1/s1. The van der Waals surface area contributed by atoms with Gasteiger partial charge in [0.05, 0.1) is 16.8 Å². The Balaban J connectivity index is 1.07. The summed E-state index contributed by atoms with van der Waals surface area (Å²) in [5.41, 5.74) is 5.60. The van der Waals surface area contributed by atoms with Gasteiger partial charge in [0.1, 0.15) is 24.5 Å². The highest BCUT2D eigenvalue weighted by Crippen LogP contribution is 2.39. The average molecular weight is 717 g/mol. The van der Waals surface area contributed by atoms with E-state index in [4.69, 9.17) is 24.3 Å². The number of fused-ring (bicyclic) bond motifs is 1. The normalized spacial score (nSPS) is 17.3. The maximum Gasteiger partial charge on any atom is 0.410 e. The number of aromatic nitrogens is 3. The molecule has 0 unspecified atom stereocenters. The molecular formula is C43H52N6O4. The van der Waals surface area contributed by atoms with Crippen molar-refractivity contribution in [3.05, 3.63) is 102 Å². The van der Waals surface area contributed by atoms with Gasteiger partial charge in [0.2, 0.25) is 11.8 Å². The summed E-state index contributed by atoms with van der Waals surface area (Å²) in [6.45, 7) is 14.3. The Morgan fingerprint density at radius 2 is 1.49 bits per heavy atom. The van der Waals surface area contributed by atoms with Crippen molar-refractivity contribution in [1.82, 2.24) is 24.6 Å². The van der Waals surface area contributed by atoms with Gasteiger partial charge in [0, 0.05) is 63.8 Å². The summed E-state index contributed by atoms with van der Waals surface area (Å²) in [5.74, 6) is 1.57. The first-order valence-corrected chi connectivity index (χ1v) is 18.9. The topological polar surface area (TPSA) is 85.2 Å². The van der Waals surface area contributed by atoms with Gasteiger partial charge in [-0.2, -0.15) is 10.1 Å². The molecule has 2 aliphatic rings. The lowest BCUT2D eigenvalue weighted by atomic mass is 9.95. The van der Waals surface area contributed by atoms with Crippen LogP contribution in [0.3, 0.4) is 0 Å². The van der Waals surface area contributed by atoms with Crippen molar-refractivity contribution in [2.45, 2.75) is 65.4 Å². The van der Waals surface area contributed by atoms with E-state index >= 15 is 0 Å². The zero-order valence-corrected chi connectivity index (χ0v) is 31.7. The summed E-state index contributed by atoms with van der Waals surface area (Å²) in [5, 5.41) is 6.14. The fourth-order valence-electron chi connectivity index (χ4n) is 7.46. The number of benzene rings is 3. The molecule has 10 heteroatoms. The van der Waals surface area contributed by atoms with Crippen LogP contribution in [0.15, 0.2) is 91.0 Å². The van der Waals surface area contributed by atoms with Crippen molar-refractivity contribution < 1.29 is 19.0 Å². The third kappa shape index (κ3) is 8.76. The van der Waals surface area contributed by atoms with Gasteiger partial charge >= 0.3 is 6.09 Å². The number of ether oxygens (including phenoxy) is 3. The van der Waals surface area contributed by atoms with Crippen molar-refractivity contribution >= 4 is 22.7 Å². The maximum atomic E-state index is 12.6. The van der Waals surface area contributed by atoms with Crippen LogP contribution in [0.4, 0.5) is 10.5 Å². The number of aryl methyl sites for hydroxylation is 1. The van der Waals surface area contributed by atoms with Gasteiger partial charge in [0.15, 0.2) is 0 Å². The highest BCUT2D eigenvalue weighted by Gasteiger charge is 2.31. The molecule has 2 fully saturated rings. The predicted molar refractivity (Wildman–Crippen MR) is 209 cm³/mol. The van der Waals surface area contributed by atoms with E-state index in [-0.39, 0.29) is 6.09 Å². The number of hydrogen-bond donors (Lipinski definition) is 0. The van der Waals surface area contributed by atoms with E-state index in [0.717, 1.165) is 85.4 Å². The van der Waals surface area contributed by atoms with E-state index in [2.05, 4.69) is 34.9 Å². The van der Waals surface area contributed by atoms with Gasteiger partial charge in [-0.05, 0) is 69.7 Å². The number of anilines is 1. The fraction of sp³-hybridized carbons (Fsp3) is 0.419. The monoisotopic (exact) mass is 716 g/mol. The van der Waals surface area contributed by atoms with Crippen molar-refractivity contribution in [3.63, 3.8) is 0 Å². The molecule has 3 aromatic carbocycles. The third-order valence-electron chi connectivity index (χ3n) is 10.2. The molecule has 2 saturated heterocycles. The molecule has 0 N–H and O–H groups in total. The Hall–Kier alpha value is -5.09. The number of amides is 1. The minimum Gasteiger partial charge on any atom is -0.473 e. The summed E-state index contributed by atoms with van der Waals surface area (Å²) in [4.78, 5) is 24.4. The SMILES string of the molecule is C[C@@H]1CN(c2cccc3c(-c4ccc(OCc5ccccc5)nc4OCc4ccccc4)nn(C)c23)CCN1CC1CCN(C(=O)OC(C)(C)C)CC1. The number of hydrogen-bond acceptors (Lipinski definition) is 8. The number of piperidine rings is 1. The highest BCUT2D eigenvalue weighted by atomic mass is 16.6. The second-order valence-electron chi connectivity index (χ2n) is 15.4. The molecule has 7 rings (SSSR count). The molecule has 53 heavy (non-hydrogen) atoms. The van der Waals surface area contributed by atoms with Crippen molar-refractivity contribution in [2.75, 3.05) is 44.2 Å². The number of carbonyl (C=O) groups excluding carboxylic acids is 1. The molecule has 0 aliphatic carbocycles. The quantitative estimate of drug-likeness (QED) is 0.144. The lowest BCUT2D eigenvalue weighted by Crippen LogP contribution is -2.54. The second-order valence-corrected chi connectivity index (χ2v) is 15.4. The molecule has 5 aromatic rings. The molecule has 0 bridgehead atoms. The number of likely N-dealkylation sites (tertiary alicyclic amines) is 1. The smallest absolute Gasteiger partial charge is 0.410 e. The number of rotatable bonds is 10. The molecule has 2 aromatic heterocycles. The van der Waals surface area contributed by atoms with Crippen molar-refractivity contribution in [2.24, 2.45) is 13.0 Å². The van der Waals surface area contributed by atoms with Crippen molar-refractivity contribution in [1.29, 1.82) is 0 Å². The summed E-state index contributed by atoms with van der Waals surface area (Å²) in [7, 11) is 2.02.